The third-order valence-corrected chi connectivity index (χ3v) is 5.34. The van der Waals surface area contributed by atoms with Crippen LogP contribution in [0.25, 0.3) is 0 Å². The molecule has 1 aromatic carbocycles. The molecule has 3 heterocycles. The summed E-state index contributed by atoms with van der Waals surface area (Å²) in [5, 5.41) is 8.40. The molecule has 0 bridgehead atoms. The number of rotatable bonds is 7. The maximum atomic E-state index is 13.1. The van der Waals surface area contributed by atoms with Crippen molar-refractivity contribution >= 4 is 5.91 Å². The van der Waals surface area contributed by atoms with E-state index in [9.17, 15) is 4.79 Å². The summed E-state index contributed by atoms with van der Waals surface area (Å²) >= 11 is 0. The van der Waals surface area contributed by atoms with E-state index in [0.717, 1.165) is 30.5 Å². The van der Waals surface area contributed by atoms with Gasteiger partial charge in [-0.2, -0.15) is 10.1 Å². The number of hydrogen-bond acceptors (Lipinski definition) is 6. The quantitative estimate of drug-likeness (QED) is 0.557. The second-order valence-corrected chi connectivity index (χ2v) is 7.64. The van der Waals surface area contributed by atoms with Crippen LogP contribution in [0.5, 0.6) is 0 Å². The fourth-order valence-electron chi connectivity index (χ4n) is 3.82. The standard InChI is InChI=1S/C22H27N5O3/c1-16-14-19(26(2)24-16)22(28)27-12-7-6-10-18(27)21-23-20(25-30-21)11-13-29-15-17-8-4-3-5-9-17/h3-5,8-9,14,18H,6-7,10-13,15H2,1-2H3. The lowest BCUT2D eigenvalue weighted by atomic mass is 10.0. The highest BCUT2D eigenvalue weighted by atomic mass is 16.5. The van der Waals surface area contributed by atoms with Crippen LogP contribution in [0.1, 0.15) is 58.8 Å². The van der Waals surface area contributed by atoms with Crippen molar-refractivity contribution < 1.29 is 14.1 Å². The first-order valence-corrected chi connectivity index (χ1v) is 10.4. The summed E-state index contributed by atoms with van der Waals surface area (Å²) in [4.78, 5) is 19.5. The Kier molecular flexibility index (Phi) is 6.23. The first kappa shape index (κ1) is 20.3. The normalized spacial score (nSPS) is 16.7. The number of hydrogen-bond donors (Lipinski definition) is 0. The van der Waals surface area contributed by atoms with Crippen LogP contribution in [0, 0.1) is 6.92 Å². The molecule has 8 heteroatoms. The second kappa shape index (κ2) is 9.21. The molecule has 1 fully saturated rings. The van der Waals surface area contributed by atoms with Crippen LogP contribution < -0.4 is 0 Å². The van der Waals surface area contributed by atoms with Crippen LogP contribution in [-0.2, 0) is 24.8 Å². The number of benzene rings is 1. The number of likely N-dealkylation sites (tertiary alicyclic amines) is 1. The molecule has 1 aliphatic heterocycles. The third kappa shape index (κ3) is 4.59. The van der Waals surface area contributed by atoms with Gasteiger partial charge in [0.05, 0.1) is 18.9 Å². The van der Waals surface area contributed by atoms with Gasteiger partial charge in [-0.1, -0.05) is 35.5 Å². The van der Waals surface area contributed by atoms with Gasteiger partial charge in [0.1, 0.15) is 11.7 Å². The summed E-state index contributed by atoms with van der Waals surface area (Å²) in [6.45, 7) is 3.62. The number of amides is 1. The number of aromatic nitrogens is 4. The van der Waals surface area contributed by atoms with E-state index in [0.29, 0.717) is 43.6 Å². The average molecular weight is 409 g/mol. The Morgan fingerprint density at radius 1 is 1.27 bits per heavy atom. The molecule has 1 saturated heterocycles. The van der Waals surface area contributed by atoms with Gasteiger partial charge in [-0.15, -0.1) is 0 Å². The molecular formula is C22H27N5O3. The second-order valence-electron chi connectivity index (χ2n) is 7.64. The predicted molar refractivity (Wildman–Crippen MR) is 110 cm³/mol. The molecule has 1 aliphatic rings. The van der Waals surface area contributed by atoms with E-state index in [-0.39, 0.29) is 11.9 Å². The van der Waals surface area contributed by atoms with Crippen molar-refractivity contribution in [2.45, 2.75) is 45.3 Å². The van der Waals surface area contributed by atoms with Gasteiger partial charge in [0, 0.05) is 20.0 Å². The zero-order chi connectivity index (χ0) is 20.9. The fourth-order valence-corrected chi connectivity index (χ4v) is 3.82. The smallest absolute Gasteiger partial charge is 0.272 e. The minimum Gasteiger partial charge on any atom is -0.376 e. The Hall–Kier alpha value is -3.00. The maximum absolute atomic E-state index is 13.1. The van der Waals surface area contributed by atoms with Crippen LogP contribution in [-0.4, -0.2) is 43.9 Å². The van der Waals surface area contributed by atoms with Crippen molar-refractivity contribution in [3.05, 3.63) is 65.1 Å². The van der Waals surface area contributed by atoms with Crippen molar-refractivity contribution in [3.8, 4) is 0 Å². The van der Waals surface area contributed by atoms with Crippen molar-refractivity contribution in [2.24, 2.45) is 7.05 Å². The minimum absolute atomic E-state index is 0.0475. The number of carbonyl (C=O) groups is 1. The Bertz CT molecular complexity index is 982. The molecule has 0 radical (unpaired) electrons. The number of ether oxygens (including phenoxy) is 1. The summed E-state index contributed by atoms with van der Waals surface area (Å²) < 4.78 is 12.9. The van der Waals surface area contributed by atoms with Gasteiger partial charge in [0.15, 0.2) is 5.82 Å². The highest BCUT2D eigenvalue weighted by molar-refractivity contribution is 5.93. The van der Waals surface area contributed by atoms with Gasteiger partial charge >= 0.3 is 0 Å². The summed E-state index contributed by atoms with van der Waals surface area (Å²) in [6, 6.07) is 11.7. The Morgan fingerprint density at radius 2 is 2.10 bits per heavy atom. The first-order chi connectivity index (χ1) is 14.6. The monoisotopic (exact) mass is 409 g/mol. The van der Waals surface area contributed by atoms with Crippen LogP contribution in [0.3, 0.4) is 0 Å². The average Bonchev–Trinajstić information content (AvgIpc) is 3.37. The molecule has 158 valence electrons. The zero-order valence-corrected chi connectivity index (χ0v) is 17.5. The topological polar surface area (TPSA) is 86.3 Å². The largest absolute Gasteiger partial charge is 0.376 e. The molecule has 0 aliphatic carbocycles. The van der Waals surface area contributed by atoms with Crippen LogP contribution in [0.4, 0.5) is 0 Å². The molecule has 30 heavy (non-hydrogen) atoms. The van der Waals surface area contributed by atoms with Gasteiger partial charge in [0.25, 0.3) is 5.91 Å². The van der Waals surface area contributed by atoms with Gasteiger partial charge in [-0.05, 0) is 37.8 Å². The van der Waals surface area contributed by atoms with Gasteiger partial charge < -0.3 is 14.2 Å². The minimum atomic E-state index is -0.201. The van der Waals surface area contributed by atoms with Crippen LogP contribution in [0.15, 0.2) is 40.9 Å². The summed E-state index contributed by atoms with van der Waals surface area (Å²) in [5.41, 5.74) is 2.53. The predicted octanol–water partition coefficient (Wildman–Crippen LogP) is 3.24. The molecule has 8 nitrogen and oxygen atoms in total. The highest BCUT2D eigenvalue weighted by Crippen LogP contribution is 2.31. The Labute approximate surface area is 175 Å². The Balaban J connectivity index is 1.38. The van der Waals surface area contributed by atoms with E-state index in [1.807, 2.05) is 48.2 Å². The van der Waals surface area contributed by atoms with Crippen molar-refractivity contribution in [2.75, 3.05) is 13.2 Å². The number of aryl methyl sites for hydroxylation is 2. The number of nitrogens with zero attached hydrogens (tertiary/aromatic N) is 5. The van der Waals surface area contributed by atoms with E-state index in [1.54, 1.807) is 11.7 Å². The number of carbonyl (C=O) groups excluding carboxylic acids is 1. The molecule has 0 spiro atoms. The van der Waals surface area contributed by atoms with Gasteiger partial charge in [-0.25, -0.2) is 0 Å². The van der Waals surface area contributed by atoms with E-state index in [1.165, 1.54) is 0 Å². The molecule has 4 rings (SSSR count). The summed E-state index contributed by atoms with van der Waals surface area (Å²) in [7, 11) is 1.79. The lowest BCUT2D eigenvalue weighted by Crippen LogP contribution is -2.39. The number of piperidine rings is 1. The molecule has 2 aromatic heterocycles. The maximum Gasteiger partial charge on any atom is 0.272 e. The van der Waals surface area contributed by atoms with E-state index in [2.05, 4.69) is 15.2 Å². The SMILES string of the molecule is Cc1cc(C(=O)N2CCCCC2c2nc(CCOCc3ccccc3)no2)n(C)n1. The fraction of sp³-hybridized carbons (Fsp3) is 0.455. The van der Waals surface area contributed by atoms with Crippen molar-refractivity contribution in [3.63, 3.8) is 0 Å². The summed E-state index contributed by atoms with van der Waals surface area (Å²) in [5.74, 6) is 1.06. The van der Waals surface area contributed by atoms with Gasteiger partial charge in [0.2, 0.25) is 5.89 Å². The summed E-state index contributed by atoms with van der Waals surface area (Å²) in [6.07, 6.45) is 3.37. The van der Waals surface area contributed by atoms with Crippen LogP contribution >= 0.6 is 0 Å². The first-order valence-electron chi connectivity index (χ1n) is 10.4. The molecule has 3 aromatic rings. The van der Waals surface area contributed by atoms with Crippen molar-refractivity contribution in [1.29, 1.82) is 0 Å². The lowest BCUT2D eigenvalue weighted by molar-refractivity contribution is 0.0550. The molecule has 0 saturated carbocycles. The molecule has 1 unspecified atom stereocenters. The Morgan fingerprint density at radius 3 is 2.87 bits per heavy atom. The molecule has 1 amide bonds. The zero-order valence-electron chi connectivity index (χ0n) is 17.5. The highest BCUT2D eigenvalue weighted by Gasteiger charge is 2.33. The van der Waals surface area contributed by atoms with E-state index in [4.69, 9.17) is 9.26 Å². The van der Waals surface area contributed by atoms with Gasteiger partial charge in [-0.3, -0.25) is 9.48 Å². The van der Waals surface area contributed by atoms with Crippen molar-refractivity contribution in [1.82, 2.24) is 24.8 Å². The third-order valence-electron chi connectivity index (χ3n) is 5.34. The van der Waals surface area contributed by atoms with Crippen LogP contribution in [0.2, 0.25) is 0 Å². The van der Waals surface area contributed by atoms with E-state index < -0.39 is 0 Å². The molecule has 0 N–H and O–H groups in total. The van der Waals surface area contributed by atoms with E-state index >= 15 is 0 Å². The molecule has 1 atom stereocenters. The molecular weight excluding hydrogens is 382 g/mol. The lowest BCUT2D eigenvalue weighted by Gasteiger charge is -2.33.